The van der Waals surface area contributed by atoms with E-state index in [9.17, 15) is 14.4 Å². The summed E-state index contributed by atoms with van der Waals surface area (Å²) in [4.78, 5) is 38.0. The first-order valence-electron chi connectivity index (χ1n) is 9.73. The maximum Gasteiger partial charge on any atom is 0.224 e. The molecular weight excluding hydrogens is 328 g/mol. The molecule has 136 valence electrons. The predicted molar refractivity (Wildman–Crippen MR) is 95.2 cm³/mol. The van der Waals surface area contributed by atoms with Gasteiger partial charge in [-0.3, -0.25) is 14.4 Å². The Kier molecular flexibility index (Phi) is 3.02. The SMILES string of the molecule is CC(=O)C1CCC2C3=C(CCC12C)C1(C)CCC(=O)c2coc(c21)C3=O. The zero-order chi connectivity index (χ0) is 18.4. The number of carbonyl (C=O) groups is 3. The average molecular weight is 352 g/mol. The summed E-state index contributed by atoms with van der Waals surface area (Å²) < 4.78 is 5.67. The third-order valence-corrected chi connectivity index (χ3v) is 8.03. The minimum absolute atomic E-state index is 0.0337. The molecule has 4 nitrogen and oxygen atoms in total. The third-order valence-electron chi connectivity index (χ3n) is 8.03. The van der Waals surface area contributed by atoms with Crippen molar-refractivity contribution >= 4 is 17.3 Å². The molecule has 5 rings (SSSR count). The second-order valence-electron chi connectivity index (χ2n) is 9.13. The molecule has 0 aromatic carbocycles. The number of allylic oxidation sites excluding steroid dienone is 2. The monoisotopic (exact) mass is 352 g/mol. The Bertz CT molecular complexity index is 917. The topological polar surface area (TPSA) is 64.3 Å². The smallest absolute Gasteiger partial charge is 0.224 e. The highest BCUT2D eigenvalue weighted by atomic mass is 16.3. The molecule has 1 saturated carbocycles. The van der Waals surface area contributed by atoms with Crippen molar-refractivity contribution in [3.63, 3.8) is 0 Å². The number of carbonyl (C=O) groups excluding carboxylic acids is 3. The van der Waals surface area contributed by atoms with Crippen molar-refractivity contribution in [3.05, 3.63) is 34.3 Å². The van der Waals surface area contributed by atoms with E-state index < -0.39 is 0 Å². The van der Waals surface area contributed by atoms with E-state index in [1.807, 2.05) is 0 Å². The van der Waals surface area contributed by atoms with E-state index in [0.717, 1.165) is 43.2 Å². The number of hydrogen-bond acceptors (Lipinski definition) is 4. The minimum atomic E-state index is -0.273. The number of Topliss-reactive ketones (excluding diaryl/α,β-unsaturated/α-hetero) is 3. The largest absolute Gasteiger partial charge is 0.460 e. The fourth-order valence-corrected chi connectivity index (χ4v) is 6.66. The van der Waals surface area contributed by atoms with Gasteiger partial charge in [0.05, 0.1) is 5.56 Å². The van der Waals surface area contributed by atoms with Crippen molar-refractivity contribution in [2.45, 2.75) is 64.7 Å². The van der Waals surface area contributed by atoms with Gasteiger partial charge in [-0.15, -0.1) is 0 Å². The normalized spacial score (nSPS) is 38.1. The molecular formula is C22H24O4. The Labute approximate surface area is 153 Å². The maximum atomic E-state index is 13.4. The van der Waals surface area contributed by atoms with E-state index in [-0.39, 0.29) is 40.0 Å². The van der Waals surface area contributed by atoms with Gasteiger partial charge in [-0.1, -0.05) is 19.4 Å². The Morgan fingerprint density at radius 1 is 1.15 bits per heavy atom. The Hall–Kier alpha value is -1.97. The lowest BCUT2D eigenvalue weighted by molar-refractivity contribution is -0.124. The molecule has 4 aliphatic rings. The van der Waals surface area contributed by atoms with Gasteiger partial charge in [0, 0.05) is 28.9 Å². The van der Waals surface area contributed by atoms with Crippen LogP contribution in [-0.2, 0) is 10.2 Å². The van der Waals surface area contributed by atoms with Crippen molar-refractivity contribution in [1.82, 2.24) is 0 Å². The second-order valence-corrected chi connectivity index (χ2v) is 9.13. The van der Waals surface area contributed by atoms with E-state index in [2.05, 4.69) is 13.8 Å². The van der Waals surface area contributed by atoms with Crippen LogP contribution in [0.3, 0.4) is 0 Å². The zero-order valence-corrected chi connectivity index (χ0v) is 15.6. The lowest BCUT2D eigenvalue weighted by Gasteiger charge is -2.49. The number of hydrogen-bond donors (Lipinski definition) is 0. The van der Waals surface area contributed by atoms with Crippen molar-refractivity contribution in [2.75, 3.05) is 0 Å². The van der Waals surface area contributed by atoms with Crippen LogP contribution in [-0.4, -0.2) is 17.3 Å². The maximum absolute atomic E-state index is 13.4. The highest BCUT2D eigenvalue weighted by molar-refractivity contribution is 6.14. The van der Waals surface area contributed by atoms with Crippen LogP contribution in [0.5, 0.6) is 0 Å². The van der Waals surface area contributed by atoms with E-state index in [1.54, 1.807) is 6.92 Å². The highest BCUT2D eigenvalue weighted by Crippen LogP contribution is 2.63. The van der Waals surface area contributed by atoms with E-state index in [1.165, 1.54) is 11.8 Å². The predicted octanol–water partition coefficient (Wildman–Crippen LogP) is 4.42. The summed E-state index contributed by atoms with van der Waals surface area (Å²) >= 11 is 0. The number of rotatable bonds is 1. The third kappa shape index (κ3) is 1.69. The molecule has 26 heavy (non-hydrogen) atoms. The molecule has 1 aromatic heterocycles. The second kappa shape index (κ2) is 4.85. The standard InChI is InChI=1S/C22H24O4/c1-11(23)13-4-5-14-17-15(6-8-21(13,14)2)22(3)9-7-16(24)12-10-26-20(18(12)22)19(17)25/h10,13-14H,4-9H2,1-3H3. The molecule has 1 fully saturated rings. The average Bonchev–Trinajstić information content (AvgIpc) is 3.18. The zero-order valence-electron chi connectivity index (χ0n) is 15.6. The molecule has 0 N–H and O–H groups in total. The first kappa shape index (κ1) is 16.2. The molecule has 0 spiro atoms. The summed E-state index contributed by atoms with van der Waals surface area (Å²) in [5, 5.41) is 0. The van der Waals surface area contributed by atoms with E-state index in [4.69, 9.17) is 4.42 Å². The summed E-state index contributed by atoms with van der Waals surface area (Å²) in [5.41, 5.74) is 3.17. The van der Waals surface area contributed by atoms with Crippen LogP contribution < -0.4 is 0 Å². The van der Waals surface area contributed by atoms with Gasteiger partial charge >= 0.3 is 0 Å². The van der Waals surface area contributed by atoms with Crippen LogP contribution >= 0.6 is 0 Å². The Morgan fingerprint density at radius 3 is 2.65 bits per heavy atom. The van der Waals surface area contributed by atoms with E-state index in [0.29, 0.717) is 17.7 Å². The van der Waals surface area contributed by atoms with Gasteiger partial charge in [-0.2, -0.15) is 0 Å². The van der Waals surface area contributed by atoms with Crippen LogP contribution in [0.25, 0.3) is 0 Å². The highest BCUT2D eigenvalue weighted by Gasteiger charge is 2.58. The summed E-state index contributed by atoms with van der Waals surface area (Å²) in [6, 6.07) is 0. The molecule has 0 radical (unpaired) electrons. The molecule has 4 unspecified atom stereocenters. The molecule has 0 saturated heterocycles. The van der Waals surface area contributed by atoms with Crippen LogP contribution in [0.15, 0.2) is 21.8 Å². The minimum Gasteiger partial charge on any atom is -0.460 e. The Balaban J connectivity index is 1.72. The Morgan fingerprint density at radius 2 is 1.92 bits per heavy atom. The van der Waals surface area contributed by atoms with Crippen molar-refractivity contribution in [2.24, 2.45) is 17.3 Å². The fourth-order valence-electron chi connectivity index (χ4n) is 6.66. The molecule has 0 bridgehead atoms. The molecule has 4 aliphatic carbocycles. The summed E-state index contributed by atoms with van der Waals surface area (Å²) in [6.07, 6.45) is 6.29. The van der Waals surface area contributed by atoms with Gasteiger partial charge < -0.3 is 4.42 Å². The van der Waals surface area contributed by atoms with Crippen molar-refractivity contribution < 1.29 is 18.8 Å². The summed E-state index contributed by atoms with van der Waals surface area (Å²) in [7, 11) is 0. The molecule has 0 amide bonds. The number of furan rings is 1. The van der Waals surface area contributed by atoms with E-state index >= 15 is 0 Å². The van der Waals surface area contributed by atoms with Gasteiger partial charge in [0.15, 0.2) is 11.5 Å². The molecule has 4 heteroatoms. The van der Waals surface area contributed by atoms with Gasteiger partial charge in [-0.25, -0.2) is 0 Å². The lowest BCUT2D eigenvalue weighted by atomic mass is 9.53. The number of fused-ring (bicyclic) bond motifs is 3. The molecule has 4 atom stereocenters. The van der Waals surface area contributed by atoms with Crippen LogP contribution in [0.2, 0.25) is 0 Å². The van der Waals surface area contributed by atoms with Gasteiger partial charge in [0.25, 0.3) is 0 Å². The molecule has 0 aliphatic heterocycles. The van der Waals surface area contributed by atoms with Crippen LogP contribution in [0.4, 0.5) is 0 Å². The number of ketones is 3. The molecule has 1 aromatic rings. The van der Waals surface area contributed by atoms with Crippen LogP contribution in [0, 0.1) is 17.3 Å². The van der Waals surface area contributed by atoms with Gasteiger partial charge in [0.2, 0.25) is 5.78 Å². The van der Waals surface area contributed by atoms with Crippen LogP contribution in [0.1, 0.15) is 85.8 Å². The first-order chi connectivity index (χ1) is 12.3. The summed E-state index contributed by atoms with van der Waals surface area (Å²) in [6.45, 7) is 6.07. The molecule has 1 heterocycles. The van der Waals surface area contributed by atoms with Gasteiger partial charge in [0.1, 0.15) is 12.0 Å². The van der Waals surface area contributed by atoms with Gasteiger partial charge in [-0.05, 0) is 50.4 Å². The first-order valence-corrected chi connectivity index (χ1v) is 9.73. The lowest BCUT2D eigenvalue weighted by Crippen LogP contribution is -2.45. The fraction of sp³-hybridized carbons (Fsp3) is 0.591. The van der Waals surface area contributed by atoms with Crippen molar-refractivity contribution in [3.8, 4) is 0 Å². The quantitative estimate of drug-likeness (QED) is 0.750. The van der Waals surface area contributed by atoms with Crippen molar-refractivity contribution in [1.29, 1.82) is 0 Å². The summed E-state index contributed by atoms with van der Waals surface area (Å²) in [5.74, 6) is 0.853.